The van der Waals surface area contributed by atoms with E-state index in [1.165, 1.54) is 16.2 Å². The standard InChI is InChI=1S/C17H16N2O3S/c1-3-13-11(2)9-14(23-13)17(20)21-10-15-18-16(19-22-15)12-7-5-4-6-8-12/h4-9H,3,10H2,1-2H3. The summed E-state index contributed by atoms with van der Waals surface area (Å²) < 4.78 is 10.4. The summed E-state index contributed by atoms with van der Waals surface area (Å²) in [5, 5.41) is 3.89. The second kappa shape index (κ2) is 6.75. The lowest BCUT2D eigenvalue weighted by Crippen LogP contribution is -2.03. The van der Waals surface area contributed by atoms with Crippen molar-refractivity contribution in [3.63, 3.8) is 0 Å². The van der Waals surface area contributed by atoms with Crippen molar-refractivity contribution in [2.45, 2.75) is 26.9 Å². The van der Waals surface area contributed by atoms with Crippen molar-refractivity contribution in [1.82, 2.24) is 10.1 Å². The Balaban J connectivity index is 1.64. The molecule has 5 nitrogen and oxygen atoms in total. The second-order valence-electron chi connectivity index (χ2n) is 5.02. The molecule has 0 atom stereocenters. The zero-order chi connectivity index (χ0) is 16.2. The third kappa shape index (κ3) is 3.48. The maximum atomic E-state index is 12.1. The first kappa shape index (κ1) is 15.4. The third-order valence-corrected chi connectivity index (χ3v) is 4.73. The molecular formula is C17H16N2O3S. The lowest BCUT2D eigenvalue weighted by atomic mass is 10.2. The van der Waals surface area contributed by atoms with E-state index in [9.17, 15) is 4.79 Å². The van der Waals surface area contributed by atoms with Crippen LogP contribution < -0.4 is 0 Å². The number of benzene rings is 1. The van der Waals surface area contributed by atoms with Crippen LogP contribution in [0.1, 0.15) is 32.9 Å². The molecule has 6 heteroatoms. The smallest absolute Gasteiger partial charge is 0.348 e. The van der Waals surface area contributed by atoms with E-state index in [0.717, 1.165) is 17.5 Å². The molecule has 2 aromatic heterocycles. The maximum Gasteiger partial charge on any atom is 0.348 e. The Morgan fingerprint density at radius 2 is 2.09 bits per heavy atom. The number of carbonyl (C=O) groups excluding carboxylic acids is 1. The zero-order valence-corrected chi connectivity index (χ0v) is 13.7. The minimum Gasteiger partial charge on any atom is -0.451 e. The number of rotatable bonds is 5. The van der Waals surface area contributed by atoms with Crippen molar-refractivity contribution in [1.29, 1.82) is 0 Å². The number of thiophene rings is 1. The van der Waals surface area contributed by atoms with Gasteiger partial charge in [0.05, 0.1) is 0 Å². The van der Waals surface area contributed by atoms with Crippen LogP contribution in [0.3, 0.4) is 0 Å². The number of esters is 1. The first-order chi connectivity index (χ1) is 11.2. The Morgan fingerprint density at radius 3 is 2.78 bits per heavy atom. The average molecular weight is 328 g/mol. The molecule has 3 aromatic rings. The second-order valence-corrected chi connectivity index (χ2v) is 6.16. The van der Waals surface area contributed by atoms with Gasteiger partial charge in [-0.2, -0.15) is 4.98 Å². The van der Waals surface area contributed by atoms with Crippen molar-refractivity contribution in [3.8, 4) is 11.4 Å². The van der Waals surface area contributed by atoms with Gasteiger partial charge in [0.15, 0.2) is 6.61 Å². The van der Waals surface area contributed by atoms with Crippen molar-refractivity contribution >= 4 is 17.3 Å². The highest BCUT2D eigenvalue weighted by atomic mass is 32.1. The van der Waals surface area contributed by atoms with Crippen molar-refractivity contribution in [2.75, 3.05) is 0 Å². The molecule has 0 amide bonds. The number of hydrogen-bond donors (Lipinski definition) is 0. The first-order valence-corrected chi connectivity index (χ1v) is 8.13. The first-order valence-electron chi connectivity index (χ1n) is 7.31. The van der Waals surface area contributed by atoms with Gasteiger partial charge in [-0.1, -0.05) is 42.4 Å². The average Bonchev–Trinajstić information content (AvgIpc) is 3.20. The minimum atomic E-state index is -0.364. The Hall–Kier alpha value is -2.47. The summed E-state index contributed by atoms with van der Waals surface area (Å²) in [6.45, 7) is 4.03. The van der Waals surface area contributed by atoms with Gasteiger partial charge in [0.25, 0.3) is 5.89 Å². The summed E-state index contributed by atoms with van der Waals surface area (Å²) in [6.07, 6.45) is 0.911. The molecule has 0 fully saturated rings. The van der Waals surface area contributed by atoms with Crippen LogP contribution in [0.4, 0.5) is 0 Å². The Labute approximate surface area is 137 Å². The Morgan fingerprint density at radius 1 is 1.30 bits per heavy atom. The van der Waals surface area contributed by atoms with E-state index in [1.54, 1.807) is 0 Å². The van der Waals surface area contributed by atoms with Gasteiger partial charge in [-0.05, 0) is 25.0 Å². The van der Waals surface area contributed by atoms with Gasteiger partial charge in [0.2, 0.25) is 5.82 Å². The predicted octanol–water partition coefficient (Wildman–Crippen LogP) is 4.03. The summed E-state index contributed by atoms with van der Waals surface area (Å²) in [5.41, 5.74) is 1.98. The summed E-state index contributed by atoms with van der Waals surface area (Å²) in [4.78, 5) is 18.1. The number of ether oxygens (including phenoxy) is 1. The number of aryl methyl sites for hydroxylation is 2. The monoisotopic (exact) mass is 328 g/mol. The highest BCUT2D eigenvalue weighted by Crippen LogP contribution is 2.23. The lowest BCUT2D eigenvalue weighted by Gasteiger charge is -1.98. The molecule has 0 aliphatic heterocycles. The summed E-state index contributed by atoms with van der Waals surface area (Å²) in [7, 11) is 0. The third-order valence-electron chi connectivity index (χ3n) is 3.37. The number of carbonyl (C=O) groups is 1. The van der Waals surface area contributed by atoms with Crippen molar-refractivity contribution < 1.29 is 14.1 Å². The van der Waals surface area contributed by atoms with E-state index in [1.807, 2.05) is 43.3 Å². The van der Waals surface area contributed by atoms with Crippen LogP contribution in [0.2, 0.25) is 0 Å². The maximum absolute atomic E-state index is 12.1. The molecule has 0 aliphatic rings. The van der Waals surface area contributed by atoms with E-state index in [0.29, 0.717) is 10.7 Å². The van der Waals surface area contributed by atoms with Crippen molar-refractivity contribution in [2.24, 2.45) is 0 Å². The van der Waals surface area contributed by atoms with E-state index in [-0.39, 0.29) is 18.5 Å². The van der Waals surface area contributed by atoms with Crippen LogP contribution in [0.25, 0.3) is 11.4 Å². The van der Waals surface area contributed by atoms with Gasteiger partial charge in [0, 0.05) is 10.4 Å². The number of nitrogens with zero attached hydrogens (tertiary/aromatic N) is 2. The molecule has 0 aliphatic carbocycles. The molecule has 0 unspecified atom stereocenters. The SMILES string of the molecule is CCc1sc(C(=O)OCc2nc(-c3ccccc3)no2)cc1C. The predicted molar refractivity (Wildman–Crippen MR) is 87.3 cm³/mol. The largest absolute Gasteiger partial charge is 0.451 e. The summed E-state index contributed by atoms with van der Waals surface area (Å²) in [5.74, 6) is 0.398. The van der Waals surface area contributed by atoms with Crippen LogP contribution in [0.15, 0.2) is 40.9 Å². The topological polar surface area (TPSA) is 65.2 Å². The van der Waals surface area contributed by atoms with Crippen LogP contribution in [0.5, 0.6) is 0 Å². The van der Waals surface area contributed by atoms with Gasteiger partial charge in [-0.15, -0.1) is 11.3 Å². The molecule has 2 heterocycles. The molecule has 3 rings (SSSR count). The minimum absolute atomic E-state index is 0.0307. The van der Waals surface area contributed by atoms with Gasteiger partial charge in [-0.25, -0.2) is 4.79 Å². The summed E-state index contributed by atoms with van der Waals surface area (Å²) in [6, 6.07) is 11.4. The molecule has 118 valence electrons. The highest BCUT2D eigenvalue weighted by Gasteiger charge is 2.15. The van der Waals surface area contributed by atoms with Gasteiger partial charge >= 0.3 is 5.97 Å². The fourth-order valence-corrected chi connectivity index (χ4v) is 3.20. The number of hydrogen-bond acceptors (Lipinski definition) is 6. The molecule has 0 saturated carbocycles. The normalized spacial score (nSPS) is 10.7. The van der Waals surface area contributed by atoms with Crippen LogP contribution in [0, 0.1) is 6.92 Å². The number of aromatic nitrogens is 2. The molecule has 23 heavy (non-hydrogen) atoms. The fraction of sp³-hybridized carbons (Fsp3) is 0.235. The quantitative estimate of drug-likeness (QED) is 0.662. The van der Waals surface area contributed by atoms with Crippen LogP contribution in [-0.4, -0.2) is 16.1 Å². The van der Waals surface area contributed by atoms with Crippen LogP contribution >= 0.6 is 11.3 Å². The van der Waals surface area contributed by atoms with Crippen LogP contribution in [-0.2, 0) is 17.8 Å². The van der Waals surface area contributed by atoms with Gasteiger partial charge < -0.3 is 9.26 Å². The van der Waals surface area contributed by atoms with E-state index in [2.05, 4.69) is 17.1 Å². The molecule has 0 spiro atoms. The zero-order valence-electron chi connectivity index (χ0n) is 12.9. The molecule has 0 bridgehead atoms. The Bertz CT molecular complexity index is 808. The van der Waals surface area contributed by atoms with E-state index >= 15 is 0 Å². The van der Waals surface area contributed by atoms with Crippen molar-refractivity contribution in [3.05, 3.63) is 57.6 Å². The molecule has 0 saturated heterocycles. The Kier molecular flexibility index (Phi) is 4.52. The highest BCUT2D eigenvalue weighted by molar-refractivity contribution is 7.14. The molecule has 0 radical (unpaired) electrons. The van der Waals surface area contributed by atoms with Gasteiger partial charge in [0.1, 0.15) is 4.88 Å². The van der Waals surface area contributed by atoms with Gasteiger partial charge in [-0.3, -0.25) is 0 Å². The summed E-state index contributed by atoms with van der Waals surface area (Å²) >= 11 is 1.46. The van der Waals surface area contributed by atoms with E-state index < -0.39 is 0 Å². The molecule has 0 N–H and O–H groups in total. The fourth-order valence-electron chi connectivity index (χ4n) is 2.19. The van der Waals surface area contributed by atoms with E-state index in [4.69, 9.17) is 9.26 Å². The molecule has 1 aromatic carbocycles. The molecular weight excluding hydrogens is 312 g/mol. The lowest BCUT2D eigenvalue weighted by molar-refractivity contribution is 0.0435.